The molecule has 0 aromatic heterocycles. The molecule has 0 bridgehead atoms. The summed E-state index contributed by atoms with van der Waals surface area (Å²) in [6.45, 7) is 4.37. The van der Waals surface area contributed by atoms with Gasteiger partial charge in [-0.3, -0.25) is 4.90 Å². The van der Waals surface area contributed by atoms with Gasteiger partial charge in [-0.2, -0.15) is 5.26 Å². The molecule has 4 heteroatoms. The van der Waals surface area contributed by atoms with E-state index in [1.807, 2.05) is 18.2 Å². The molecule has 1 aromatic rings. The normalized spacial score (nSPS) is 22.9. The molecular weight excluding hydrogens is 238 g/mol. The lowest BCUT2D eigenvalue weighted by Crippen LogP contribution is -2.50. The number of hydrogen-bond acceptors (Lipinski definition) is 4. The molecule has 0 saturated carbocycles. The van der Waals surface area contributed by atoms with Crippen LogP contribution in [0, 0.1) is 11.3 Å². The number of piperazine rings is 1. The molecule has 0 N–H and O–H groups in total. The van der Waals surface area contributed by atoms with Gasteiger partial charge in [-0.05, 0) is 31.5 Å². The van der Waals surface area contributed by atoms with E-state index in [0.717, 1.165) is 36.6 Å². The Hall–Kier alpha value is -1.73. The molecule has 100 valence electrons. The molecule has 0 amide bonds. The van der Waals surface area contributed by atoms with Crippen molar-refractivity contribution in [3.05, 3.63) is 23.8 Å². The Kier molecular flexibility index (Phi) is 3.31. The molecule has 1 atom stereocenters. The van der Waals surface area contributed by atoms with E-state index < -0.39 is 0 Å². The quantitative estimate of drug-likeness (QED) is 0.810. The van der Waals surface area contributed by atoms with Crippen molar-refractivity contribution in [2.75, 3.05) is 38.2 Å². The van der Waals surface area contributed by atoms with Crippen molar-refractivity contribution in [3.63, 3.8) is 0 Å². The summed E-state index contributed by atoms with van der Waals surface area (Å²) in [5.74, 6) is 0.822. The Balaban J connectivity index is 1.87. The minimum Gasteiger partial charge on any atom is -0.497 e. The lowest BCUT2D eigenvalue weighted by Gasteiger charge is -2.39. The zero-order valence-electron chi connectivity index (χ0n) is 11.3. The number of methoxy groups -OCH3 is 1. The average Bonchev–Trinajstić information content (AvgIpc) is 2.93. The van der Waals surface area contributed by atoms with Crippen LogP contribution in [-0.4, -0.2) is 44.2 Å². The Bertz CT molecular complexity index is 509. The third kappa shape index (κ3) is 2.26. The molecule has 0 spiro atoms. The zero-order valence-corrected chi connectivity index (χ0v) is 11.3. The van der Waals surface area contributed by atoms with E-state index in [9.17, 15) is 5.26 Å². The Morgan fingerprint density at radius 1 is 1.32 bits per heavy atom. The van der Waals surface area contributed by atoms with Crippen molar-refractivity contribution >= 4 is 5.69 Å². The largest absolute Gasteiger partial charge is 0.497 e. The van der Waals surface area contributed by atoms with Gasteiger partial charge in [0.05, 0.1) is 18.4 Å². The number of hydrogen-bond donors (Lipinski definition) is 0. The van der Waals surface area contributed by atoms with Crippen LogP contribution in [0.4, 0.5) is 5.69 Å². The first-order chi connectivity index (χ1) is 9.31. The number of nitrogens with zero attached hydrogens (tertiary/aromatic N) is 3. The van der Waals surface area contributed by atoms with Gasteiger partial charge in [0.15, 0.2) is 0 Å². The molecule has 4 nitrogen and oxygen atoms in total. The number of fused-ring (bicyclic) bond motifs is 1. The van der Waals surface area contributed by atoms with E-state index in [1.54, 1.807) is 7.11 Å². The monoisotopic (exact) mass is 257 g/mol. The fourth-order valence-electron chi connectivity index (χ4n) is 3.20. The highest BCUT2D eigenvalue weighted by molar-refractivity contribution is 5.62. The number of benzene rings is 1. The van der Waals surface area contributed by atoms with E-state index in [-0.39, 0.29) is 0 Å². The summed E-state index contributed by atoms with van der Waals surface area (Å²) in [6.07, 6.45) is 2.59. The van der Waals surface area contributed by atoms with Crippen LogP contribution < -0.4 is 9.64 Å². The van der Waals surface area contributed by atoms with Crippen LogP contribution in [-0.2, 0) is 0 Å². The van der Waals surface area contributed by atoms with Crippen LogP contribution >= 0.6 is 0 Å². The second-order valence-electron chi connectivity index (χ2n) is 5.27. The highest BCUT2D eigenvalue weighted by atomic mass is 16.5. The molecule has 0 aliphatic carbocycles. The minimum absolute atomic E-state index is 0.659. The van der Waals surface area contributed by atoms with Gasteiger partial charge in [0, 0.05) is 31.7 Å². The summed E-state index contributed by atoms with van der Waals surface area (Å²) in [7, 11) is 1.67. The van der Waals surface area contributed by atoms with Gasteiger partial charge in [-0.25, -0.2) is 0 Å². The number of nitriles is 1. The average molecular weight is 257 g/mol. The summed E-state index contributed by atoms with van der Waals surface area (Å²) in [4.78, 5) is 4.91. The molecule has 0 radical (unpaired) electrons. The van der Waals surface area contributed by atoms with E-state index in [1.165, 1.54) is 19.4 Å². The number of ether oxygens (including phenoxy) is 1. The second-order valence-corrected chi connectivity index (χ2v) is 5.27. The van der Waals surface area contributed by atoms with E-state index in [0.29, 0.717) is 6.04 Å². The second kappa shape index (κ2) is 5.10. The molecule has 2 fully saturated rings. The van der Waals surface area contributed by atoms with Crippen LogP contribution in [0.15, 0.2) is 18.2 Å². The maximum Gasteiger partial charge on any atom is 0.121 e. The van der Waals surface area contributed by atoms with E-state index in [2.05, 4.69) is 15.9 Å². The van der Waals surface area contributed by atoms with Crippen molar-refractivity contribution in [2.45, 2.75) is 18.9 Å². The summed E-state index contributed by atoms with van der Waals surface area (Å²) in [5.41, 5.74) is 1.76. The molecule has 2 aliphatic rings. The first-order valence-corrected chi connectivity index (χ1v) is 6.89. The van der Waals surface area contributed by atoms with Gasteiger partial charge in [0.1, 0.15) is 11.8 Å². The molecule has 2 saturated heterocycles. The lowest BCUT2D eigenvalue weighted by atomic mass is 10.1. The van der Waals surface area contributed by atoms with Crippen LogP contribution in [0.5, 0.6) is 5.75 Å². The summed E-state index contributed by atoms with van der Waals surface area (Å²) >= 11 is 0. The SMILES string of the molecule is COc1ccc(C#N)c(N2CCN3CCCC3C2)c1. The molecular formula is C15H19N3O. The zero-order chi connectivity index (χ0) is 13.2. The van der Waals surface area contributed by atoms with Crippen LogP contribution in [0.3, 0.4) is 0 Å². The number of anilines is 1. The molecule has 19 heavy (non-hydrogen) atoms. The maximum atomic E-state index is 9.27. The van der Waals surface area contributed by atoms with Crippen molar-refractivity contribution < 1.29 is 4.74 Å². The predicted molar refractivity (Wildman–Crippen MR) is 74.5 cm³/mol. The topological polar surface area (TPSA) is 39.5 Å². The Labute approximate surface area is 114 Å². The first-order valence-electron chi connectivity index (χ1n) is 6.89. The van der Waals surface area contributed by atoms with Crippen molar-refractivity contribution in [2.24, 2.45) is 0 Å². The van der Waals surface area contributed by atoms with Crippen LogP contribution in [0.1, 0.15) is 18.4 Å². The number of rotatable bonds is 2. The fraction of sp³-hybridized carbons (Fsp3) is 0.533. The maximum absolute atomic E-state index is 9.27. The van der Waals surface area contributed by atoms with Gasteiger partial charge >= 0.3 is 0 Å². The molecule has 2 heterocycles. The van der Waals surface area contributed by atoms with Crippen molar-refractivity contribution in [1.29, 1.82) is 5.26 Å². The molecule has 3 rings (SSSR count). The van der Waals surface area contributed by atoms with Crippen LogP contribution in [0.2, 0.25) is 0 Å². The summed E-state index contributed by atoms with van der Waals surface area (Å²) < 4.78 is 5.29. The van der Waals surface area contributed by atoms with Crippen molar-refractivity contribution in [1.82, 2.24) is 4.90 Å². The van der Waals surface area contributed by atoms with E-state index >= 15 is 0 Å². The first kappa shape index (κ1) is 12.3. The highest BCUT2D eigenvalue weighted by Crippen LogP contribution is 2.30. The van der Waals surface area contributed by atoms with E-state index in [4.69, 9.17) is 4.74 Å². The highest BCUT2D eigenvalue weighted by Gasteiger charge is 2.31. The third-order valence-corrected chi connectivity index (χ3v) is 4.25. The minimum atomic E-state index is 0.659. The van der Waals surface area contributed by atoms with Crippen molar-refractivity contribution in [3.8, 4) is 11.8 Å². The van der Waals surface area contributed by atoms with Gasteiger partial charge in [-0.15, -0.1) is 0 Å². The van der Waals surface area contributed by atoms with Crippen LogP contribution in [0.25, 0.3) is 0 Å². The molecule has 1 aromatic carbocycles. The van der Waals surface area contributed by atoms with Gasteiger partial charge in [0.25, 0.3) is 0 Å². The summed E-state index contributed by atoms with van der Waals surface area (Å²) in [5, 5.41) is 9.27. The molecule has 1 unspecified atom stereocenters. The van der Waals surface area contributed by atoms with Gasteiger partial charge < -0.3 is 9.64 Å². The molecule has 2 aliphatic heterocycles. The summed E-state index contributed by atoms with van der Waals surface area (Å²) in [6, 6.07) is 8.65. The fourth-order valence-corrected chi connectivity index (χ4v) is 3.20. The standard InChI is InChI=1S/C15H19N3O/c1-19-14-5-4-12(10-16)15(9-14)18-8-7-17-6-2-3-13(17)11-18/h4-5,9,13H,2-3,6-8,11H2,1H3. The van der Waals surface area contributed by atoms with Gasteiger partial charge in [0.2, 0.25) is 0 Å². The predicted octanol–water partition coefficient (Wildman–Crippen LogP) is 1.85. The van der Waals surface area contributed by atoms with Gasteiger partial charge in [-0.1, -0.05) is 0 Å². The Morgan fingerprint density at radius 2 is 2.21 bits per heavy atom. The third-order valence-electron chi connectivity index (χ3n) is 4.25. The smallest absolute Gasteiger partial charge is 0.121 e. The Morgan fingerprint density at radius 3 is 3.00 bits per heavy atom. The lowest BCUT2D eigenvalue weighted by molar-refractivity contribution is 0.231.